The van der Waals surface area contributed by atoms with E-state index in [0.717, 1.165) is 11.1 Å². The number of anilines is 1. The summed E-state index contributed by atoms with van der Waals surface area (Å²) in [5.41, 5.74) is 4.32. The SMILES string of the molecule is CN1C=CC(=CC=Cc2ccc(O)c(O)c2)c2ccccc21. The van der Waals surface area contributed by atoms with E-state index < -0.39 is 0 Å². The van der Waals surface area contributed by atoms with E-state index in [1.807, 2.05) is 43.6 Å². The lowest BCUT2D eigenvalue weighted by Crippen LogP contribution is -2.13. The number of aromatic hydroxyl groups is 2. The van der Waals surface area contributed by atoms with Crippen LogP contribution in [0.15, 0.2) is 66.9 Å². The quantitative estimate of drug-likeness (QED) is 0.817. The van der Waals surface area contributed by atoms with Crippen molar-refractivity contribution in [2.24, 2.45) is 0 Å². The Hall–Kier alpha value is -2.94. The molecule has 0 bridgehead atoms. The van der Waals surface area contributed by atoms with Gasteiger partial charge in [0, 0.05) is 24.5 Å². The van der Waals surface area contributed by atoms with E-state index in [-0.39, 0.29) is 11.5 Å². The van der Waals surface area contributed by atoms with E-state index in [1.165, 1.54) is 23.4 Å². The summed E-state index contributed by atoms with van der Waals surface area (Å²) in [7, 11) is 2.03. The molecular weight excluding hydrogens is 274 g/mol. The van der Waals surface area contributed by atoms with Crippen molar-refractivity contribution in [2.75, 3.05) is 11.9 Å². The standard InChI is InChI=1S/C19H17NO2/c1-20-12-11-15(16-7-2-3-8-17(16)20)6-4-5-14-9-10-18(21)19(22)13-14/h2-13,21-22H,1H3. The zero-order valence-corrected chi connectivity index (χ0v) is 12.3. The van der Waals surface area contributed by atoms with Crippen LogP contribution in [0, 0.1) is 0 Å². The van der Waals surface area contributed by atoms with Gasteiger partial charge in [0.25, 0.3) is 0 Å². The minimum Gasteiger partial charge on any atom is -0.504 e. The molecule has 0 atom stereocenters. The third kappa shape index (κ3) is 2.74. The molecule has 3 rings (SSSR count). The van der Waals surface area contributed by atoms with E-state index in [9.17, 15) is 10.2 Å². The van der Waals surface area contributed by atoms with Crippen molar-refractivity contribution < 1.29 is 10.2 Å². The Bertz CT molecular complexity index is 788. The van der Waals surface area contributed by atoms with Gasteiger partial charge < -0.3 is 15.1 Å². The van der Waals surface area contributed by atoms with E-state index in [1.54, 1.807) is 6.07 Å². The molecule has 110 valence electrons. The fraction of sp³-hybridized carbons (Fsp3) is 0.0526. The molecule has 2 aromatic carbocycles. The second-order valence-electron chi connectivity index (χ2n) is 5.17. The molecule has 1 heterocycles. The normalized spacial score (nSPS) is 15.5. The molecule has 1 aliphatic heterocycles. The van der Waals surface area contributed by atoms with Gasteiger partial charge in [0.2, 0.25) is 0 Å². The lowest BCUT2D eigenvalue weighted by Gasteiger charge is -2.23. The zero-order chi connectivity index (χ0) is 15.5. The highest BCUT2D eigenvalue weighted by molar-refractivity contribution is 5.87. The first-order valence-electron chi connectivity index (χ1n) is 7.06. The average molecular weight is 291 g/mol. The molecular formula is C19H17NO2. The summed E-state index contributed by atoms with van der Waals surface area (Å²) in [4.78, 5) is 2.09. The smallest absolute Gasteiger partial charge is 0.157 e. The van der Waals surface area contributed by atoms with Crippen molar-refractivity contribution in [3.05, 3.63) is 78.0 Å². The van der Waals surface area contributed by atoms with Gasteiger partial charge in [-0.3, -0.25) is 0 Å². The van der Waals surface area contributed by atoms with Gasteiger partial charge in [0.1, 0.15) is 0 Å². The number of para-hydroxylation sites is 1. The van der Waals surface area contributed by atoms with Crippen LogP contribution < -0.4 is 4.90 Å². The Morgan fingerprint density at radius 2 is 1.82 bits per heavy atom. The number of hydrogen-bond donors (Lipinski definition) is 2. The molecule has 1 aliphatic rings. The molecule has 0 saturated carbocycles. The molecule has 0 unspecified atom stereocenters. The highest BCUT2D eigenvalue weighted by Crippen LogP contribution is 2.31. The molecule has 0 amide bonds. The molecule has 0 aromatic heterocycles. The van der Waals surface area contributed by atoms with Crippen molar-refractivity contribution in [2.45, 2.75) is 0 Å². The predicted molar refractivity (Wildman–Crippen MR) is 90.8 cm³/mol. The topological polar surface area (TPSA) is 43.7 Å². The summed E-state index contributed by atoms with van der Waals surface area (Å²) < 4.78 is 0. The Labute approximate surface area is 129 Å². The molecule has 2 N–H and O–H groups in total. The Kier molecular flexibility index (Phi) is 3.71. The molecule has 0 radical (unpaired) electrons. The molecule has 3 heteroatoms. The summed E-state index contributed by atoms with van der Waals surface area (Å²) in [5.74, 6) is -0.220. The van der Waals surface area contributed by atoms with Crippen LogP contribution in [-0.2, 0) is 0 Å². The number of phenols is 2. The summed E-state index contributed by atoms with van der Waals surface area (Å²) in [6.07, 6.45) is 9.97. The maximum atomic E-state index is 9.49. The van der Waals surface area contributed by atoms with Gasteiger partial charge in [-0.15, -0.1) is 0 Å². The monoisotopic (exact) mass is 291 g/mol. The predicted octanol–water partition coefficient (Wildman–Crippen LogP) is 4.16. The van der Waals surface area contributed by atoms with Crippen LogP contribution in [0.5, 0.6) is 11.5 Å². The van der Waals surface area contributed by atoms with E-state index >= 15 is 0 Å². The third-order valence-corrected chi connectivity index (χ3v) is 3.64. The van der Waals surface area contributed by atoms with Gasteiger partial charge >= 0.3 is 0 Å². The highest BCUT2D eigenvalue weighted by Gasteiger charge is 2.11. The van der Waals surface area contributed by atoms with Crippen LogP contribution in [0.3, 0.4) is 0 Å². The number of nitrogens with zero attached hydrogens (tertiary/aromatic N) is 1. The van der Waals surface area contributed by atoms with Crippen molar-refractivity contribution in [1.29, 1.82) is 0 Å². The van der Waals surface area contributed by atoms with Crippen molar-refractivity contribution >= 4 is 17.3 Å². The Morgan fingerprint density at radius 1 is 1.00 bits per heavy atom. The fourth-order valence-electron chi connectivity index (χ4n) is 2.44. The Balaban J connectivity index is 1.88. The first-order valence-corrected chi connectivity index (χ1v) is 7.06. The highest BCUT2D eigenvalue weighted by atomic mass is 16.3. The van der Waals surface area contributed by atoms with Crippen molar-refractivity contribution in [3.8, 4) is 11.5 Å². The summed E-state index contributed by atoms with van der Waals surface area (Å²) in [5, 5.41) is 18.8. The van der Waals surface area contributed by atoms with Gasteiger partial charge in [0.15, 0.2) is 11.5 Å². The lowest BCUT2D eigenvalue weighted by molar-refractivity contribution is 0.403. The number of phenolic OH excluding ortho intramolecular Hbond substituents is 2. The van der Waals surface area contributed by atoms with Gasteiger partial charge in [-0.1, -0.05) is 42.5 Å². The molecule has 0 saturated heterocycles. The Morgan fingerprint density at radius 3 is 2.64 bits per heavy atom. The average Bonchev–Trinajstić information content (AvgIpc) is 2.53. The minimum absolute atomic E-state index is 0.109. The summed E-state index contributed by atoms with van der Waals surface area (Å²) in [6, 6.07) is 13.0. The lowest BCUT2D eigenvalue weighted by atomic mass is 10.00. The molecule has 3 nitrogen and oxygen atoms in total. The summed E-state index contributed by atoms with van der Waals surface area (Å²) >= 11 is 0. The minimum atomic E-state index is -0.112. The first kappa shape index (κ1) is 14.0. The van der Waals surface area contributed by atoms with Gasteiger partial charge in [0.05, 0.1) is 0 Å². The van der Waals surface area contributed by atoms with Crippen LogP contribution in [0.4, 0.5) is 5.69 Å². The largest absolute Gasteiger partial charge is 0.504 e. The van der Waals surface area contributed by atoms with E-state index in [2.05, 4.69) is 23.1 Å². The molecule has 0 fully saturated rings. The first-order chi connectivity index (χ1) is 10.6. The molecule has 22 heavy (non-hydrogen) atoms. The second kappa shape index (κ2) is 5.82. The summed E-state index contributed by atoms with van der Waals surface area (Å²) in [6.45, 7) is 0. The number of hydrogen-bond acceptors (Lipinski definition) is 3. The van der Waals surface area contributed by atoms with Crippen LogP contribution in [0.2, 0.25) is 0 Å². The number of allylic oxidation sites excluding steroid dienone is 4. The van der Waals surface area contributed by atoms with Gasteiger partial charge in [-0.25, -0.2) is 0 Å². The van der Waals surface area contributed by atoms with Gasteiger partial charge in [-0.05, 0) is 35.4 Å². The van der Waals surface area contributed by atoms with Gasteiger partial charge in [-0.2, -0.15) is 0 Å². The maximum Gasteiger partial charge on any atom is 0.157 e. The molecule has 0 spiro atoms. The van der Waals surface area contributed by atoms with Crippen LogP contribution >= 0.6 is 0 Å². The molecule has 0 aliphatic carbocycles. The third-order valence-electron chi connectivity index (χ3n) is 3.64. The number of benzene rings is 2. The fourth-order valence-corrected chi connectivity index (χ4v) is 2.44. The zero-order valence-electron chi connectivity index (χ0n) is 12.3. The maximum absolute atomic E-state index is 9.49. The van der Waals surface area contributed by atoms with E-state index in [4.69, 9.17) is 0 Å². The van der Waals surface area contributed by atoms with Crippen molar-refractivity contribution in [1.82, 2.24) is 0 Å². The number of fused-ring (bicyclic) bond motifs is 1. The molecule has 2 aromatic rings. The van der Waals surface area contributed by atoms with Crippen LogP contribution in [0.1, 0.15) is 11.1 Å². The van der Waals surface area contributed by atoms with E-state index in [0.29, 0.717) is 0 Å². The number of rotatable bonds is 2. The van der Waals surface area contributed by atoms with Crippen molar-refractivity contribution in [3.63, 3.8) is 0 Å². The van der Waals surface area contributed by atoms with Crippen LogP contribution in [-0.4, -0.2) is 17.3 Å². The second-order valence-corrected chi connectivity index (χ2v) is 5.17. The van der Waals surface area contributed by atoms with Crippen LogP contribution in [0.25, 0.3) is 11.6 Å².